The van der Waals surface area contributed by atoms with Gasteiger partial charge in [-0.15, -0.1) is 0 Å². The van der Waals surface area contributed by atoms with Crippen LogP contribution < -0.4 is 0 Å². The first kappa shape index (κ1) is 18.7. The zero-order chi connectivity index (χ0) is 18.9. The Hall–Kier alpha value is -2.08. The monoisotopic (exact) mass is 372 g/mol. The van der Waals surface area contributed by atoms with Crippen molar-refractivity contribution in [3.05, 3.63) is 40.3 Å². The number of nitrogens with zero attached hydrogens (tertiary/aromatic N) is 2. The van der Waals surface area contributed by atoms with Crippen LogP contribution in [0.2, 0.25) is 0 Å². The minimum atomic E-state index is -0.382. The van der Waals surface area contributed by atoms with Crippen LogP contribution in [0.25, 0.3) is 6.08 Å². The Morgan fingerprint density at radius 1 is 1.12 bits per heavy atom. The number of hydrogen-bond acceptors (Lipinski definition) is 4. The number of imide groups is 1. The molecular weight excluding hydrogens is 348 g/mol. The highest BCUT2D eigenvalue weighted by molar-refractivity contribution is 8.18. The largest absolute Gasteiger partial charge is 0.341 e. The van der Waals surface area contributed by atoms with Crippen LogP contribution in [0.15, 0.2) is 29.2 Å². The van der Waals surface area contributed by atoms with Crippen LogP contribution in [-0.2, 0) is 15.0 Å². The highest BCUT2D eigenvalue weighted by atomic mass is 32.2. The van der Waals surface area contributed by atoms with Crippen LogP contribution in [0.3, 0.4) is 0 Å². The summed E-state index contributed by atoms with van der Waals surface area (Å²) in [6.45, 7) is 7.70. The van der Waals surface area contributed by atoms with Crippen LogP contribution in [0, 0.1) is 0 Å². The highest BCUT2D eigenvalue weighted by Crippen LogP contribution is 2.32. The summed E-state index contributed by atoms with van der Waals surface area (Å²) in [6.07, 6.45) is 3.69. The van der Waals surface area contributed by atoms with Crippen LogP contribution in [0.5, 0.6) is 0 Å². The normalized spacial score (nSPS) is 19.7. The fraction of sp³-hybridized carbons (Fsp3) is 0.450. The molecule has 0 aliphatic carbocycles. The number of benzene rings is 1. The lowest BCUT2D eigenvalue weighted by atomic mass is 9.87. The summed E-state index contributed by atoms with van der Waals surface area (Å²) < 4.78 is 0. The summed E-state index contributed by atoms with van der Waals surface area (Å²) in [5.41, 5.74) is 2.14. The molecule has 138 valence electrons. The van der Waals surface area contributed by atoms with Gasteiger partial charge in [-0.2, -0.15) is 0 Å². The highest BCUT2D eigenvalue weighted by Gasteiger charge is 2.37. The molecule has 26 heavy (non-hydrogen) atoms. The van der Waals surface area contributed by atoms with Gasteiger partial charge in [0, 0.05) is 13.1 Å². The lowest BCUT2D eigenvalue weighted by Gasteiger charge is -2.19. The molecule has 1 aromatic rings. The van der Waals surface area contributed by atoms with E-state index in [0.29, 0.717) is 18.0 Å². The Balaban J connectivity index is 1.71. The van der Waals surface area contributed by atoms with Crippen LogP contribution in [-0.4, -0.2) is 46.5 Å². The van der Waals surface area contributed by atoms with Gasteiger partial charge in [0.1, 0.15) is 6.54 Å². The molecule has 0 bridgehead atoms. The van der Waals surface area contributed by atoms with Crippen molar-refractivity contribution >= 4 is 34.9 Å². The van der Waals surface area contributed by atoms with E-state index >= 15 is 0 Å². The van der Waals surface area contributed by atoms with Crippen molar-refractivity contribution in [1.29, 1.82) is 0 Å². The number of likely N-dealkylation sites (tertiary alicyclic amines) is 1. The second-order valence-electron chi connectivity index (χ2n) is 7.73. The van der Waals surface area contributed by atoms with E-state index in [4.69, 9.17) is 0 Å². The molecule has 0 saturated carbocycles. The van der Waals surface area contributed by atoms with Gasteiger partial charge in [0.05, 0.1) is 4.91 Å². The Morgan fingerprint density at radius 2 is 1.73 bits per heavy atom. The van der Waals surface area contributed by atoms with E-state index in [9.17, 15) is 14.4 Å². The van der Waals surface area contributed by atoms with Crippen molar-refractivity contribution < 1.29 is 14.4 Å². The fourth-order valence-electron chi connectivity index (χ4n) is 3.07. The smallest absolute Gasteiger partial charge is 0.294 e. The van der Waals surface area contributed by atoms with Gasteiger partial charge < -0.3 is 4.90 Å². The average Bonchev–Trinajstić information content (AvgIpc) is 3.19. The molecule has 0 radical (unpaired) electrons. The molecule has 0 atom stereocenters. The molecule has 0 unspecified atom stereocenters. The van der Waals surface area contributed by atoms with Gasteiger partial charge in [-0.05, 0) is 47.2 Å². The van der Waals surface area contributed by atoms with Gasteiger partial charge >= 0.3 is 0 Å². The van der Waals surface area contributed by atoms with E-state index < -0.39 is 0 Å². The molecule has 0 aromatic heterocycles. The van der Waals surface area contributed by atoms with E-state index in [1.54, 1.807) is 11.0 Å². The molecule has 2 fully saturated rings. The second-order valence-corrected chi connectivity index (χ2v) is 8.72. The maximum Gasteiger partial charge on any atom is 0.294 e. The summed E-state index contributed by atoms with van der Waals surface area (Å²) in [7, 11) is 0. The van der Waals surface area contributed by atoms with Crippen LogP contribution in [0.4, 0.5) is 4.79 Å². The molecule has 3 amide bonds. The zero-order valence-electron chi connectivity index (χ0n) is 15.4. The van der Waals surface area contributed by atoms with Crippen LogP contribution in [0.1, 0.15) is 44.7 Å². The number of thioether (sulfide) groups is 1. The number of hydrogen-bond donors (Lipinski definition) is 0. The maximum absolute atomic E-state index is 12.5. The van der Waals surface area contributed by atoms with Crippen molar-refractivity contribution in [1.82, 2.24) is 9.80 Å². The predicted octanol–water partition coefficient (Wildman–Crippen LogP) is 3.64. The van der Waals surface area contributed by atoms with Gasteiger partial charge in [-0.25, -0.2) is 0 Å². The number of rotatable bonds is 3. The van der Waals surface area contributed by atoms with Crippen molar-refractivity contribution in [2.24, 2.45) is 0 Å². The SMILES string of the molecule is CC(C)(C)c1ccc(/C=C2\SC(=O)N(CC(=O)N3CCCC3)C2=O)cc1. The minimum absolute atomic E-state index is 0.0618. The minimum Gasteiger partial charge on any atom is -0.341 e. The topological polar surface area (TPSA) is 57.7 Å². The average molecular weight is 372 g/mol. The van der Waals surface area contributed by atoms with Gasteiger partial charge in [-0.3, -0.25) is 19.3 Å². The molecule has 3 rings (SSSR count). The predicted molar refractivity (Wildman–Crippen MR) is 104 cm³/mol. The Bertz CT molecular complexity index is 756. The molecule has 6 heteroatoms. The summed E-state index contributed by atoms with van der Waals surface area (Å²) in [5.74, 6) is -0.534. The molecule has 0 N–H and O–H groups in total. The van der Waals surface area contributed by atoms with Gasteiger partial charge in [0.2, 0.25) is 5.91 Å². The zero-order valence-corrected chi connectivity index (χ0v) is 16.3. The Morgan fingerprint density at radius 3 is 2.31 bits per heavy atom. The van der Waals surface area contributed by atoms with Gasteiger partial charge in [-0.1, -0.05) is 45.0 Å². The van der Waals surface area contributed by atoms with Gasteiger partial charge in [0.15, 0.2) is 0 Å². The quantitative estimate of drug-likeness (QED) is 0.760. The summed E-state index contributed by atoms with van der Waals surface area (Å²) in [5, 5.41) is -0.375. The van der Waals surface area contributed by atoms with E-state index in [1.165, 1.54) is 5.56 Å². The van der Waals surface area contributed by atoms with E-state index in [0.717, 1.165) is 35.1 Å². The molecule has 0 spiro atoms. The summed E-state index contributed by atoms with van der Waals surface area (Å²) >= 11 is 0.899. The van der Waals surface area contributed by atoms with Gasteiger partial charge in [0.25, 0.3) is 11.1 Å². The van der Waals surface area contributed by atoms with Crippen molar-refractivity contribution in [3.8, 4) is 0 Å². The number of amides is 3. The fourth-order valence-corrected chi connectivity index (χ4v) is 3.91. The summed E-state index contributed by atoms with van der Waals surface area (Å²) in [6, 6.07) is 7.97. The van der Waals surface area contributed by atoms with E-state index in [1.807, 2.05) is 24.3 Å². The van der Waals surface area contributed by atoms with Crippen LogP contribution >= 0.6 is 11.8 Å². The van der Waals surface area contributed by atoms with Crippen molar-refractivity contribution in [2.75, 3.05) is 19.6 Å². The molecule has 5 nitrogen and oxygen atoms in total. The Kier molecular flexibility index (Phi) is 5.23. The lowest BCUT2D eigenvalue weighted by molar-refractivity contribution is -0.135. The third kappa shape index (κ3) is 4.01. The molecular formula is C20H24N2O3S. The molecule has 2 aliphatic rings. The Labute approximate surface area is 158 Å². The third-order valence-corrected chi connectivity index (χ3v) is 5.61. The third-order valence-electron chi connectivity index (χ3n) is 4.70. The molecule has 2 aliphatic heterocycles. The van der Waals surface area contributed by atoms with E-state index in [-0.39, 0.29) is 29.0 Å². The van der Waals surface area contributed by atoms with Crippen molar-refractivity contribution in [2.45, 2.75) is 39.0 Å². The van der Waals surface area contributed by atoms with E-state index in [2.05, 4.69) is 20.8 Å². The number of carbonyl (C=O) groups excluding carboxylic acids is 3. The molecule has 2 saturated heterocycles. The number of carbonyl (C=O) groups is 3. The molecule has 2 heterocycles. The standard InChI is InChI=1S/C20H24N2O3S/c1-20(2,3)15-8-6-14(7-9-15)12-16-18(24)22(19(25)26-16)13-17(23)21-10-4-5-11-21/h6-9,12H,4-5,10-11,13H2,1-3H3/b16-12-. The first-order chi connectivity index (χ1) is 12.3. The lowest BCUT2D eigenvalue weighted by Crippen LogP contribution is -2.40. The second kappa shape index (κ2) is 7.27. The summed E-state index contributed by atoms with van der Waals surface area (Å²) in [4.78, 5) is 40.1. The first-order valence-corrected chi connectivity index (χ1v) is 9.71. The maximum atomic E-state index is 12.5. The molecule has 1 aromatic carbocycles. The van der Waals surface area contributed by atoms with Crippen molar-refractivity contribution in [3.63, 3.8) is 0 Å². The first-order valence-electron chi connectivity index (χ1n) is 8.89.